The maximum atomic E-state index is 12.4. The van der Waals surface area contributed by atoms with E-state index in [9.17, 15) is 9.59 Å². The van der Waals surface area contributed by atoms with E-state index in [4.69, 9.17) is 5.73 Å². The quantitative estimate of drug-likeness (QED) is 0.868. The zero-order valence-corrected chi connectivity index (χ0v) is 12.6. The molecule has 5 nitrogen and oxygen atoms in total. The average molecular weight is 289 g/mol. The molecule has 3 N–H and O–H groups in total. The number of benzene rings is 1. The first kappa shape index (κ1) is 15.5. The van der Waals surface area contributed by atoms with Crippen LogP contribution in [0.5, 0.6) is 0 Å². The highest BCUT2D eigenvalue weighted by molar-refractivity contribution is 5.87. The Labute approximate surface area is 125 Å². The summed E-state index contributed by atoms with van der Waals surface area (Å²) in [6, 6.07) is 9.31. The van der Waals surface area contributed by atoms with Gasteiger partial charge in [0.05, 0.1) is 0 Å². The minimum atomic E-state index is -1.07. The van der Waals surface area contributed by atoms with Crippen molar-refractivity contribution >= 4 is 11.8 Å². The number of nitrogens with zero attached hydrogens (tertiary/aromatic N) is 1. The van der Waals surface area contributed by atoms with E-state index in [2.05, 4.69) is 5.32 Å². The molecule has 2 atom stereocenters. The highest BCUT2D eigenvalue weighted by Gasteiger charge is 2.34. The van der Waals surface area contributed by atoms with Crippen molar-refractivity contribution in [2.24, 2.45) is 5.73 Å². The van der Waals surface area contributed by atoms with Crippen LogP contribution in [0.3, 0.4) is 0 Å². The Morgan fingerprint density at radius 2 is 2.05 bits per heavy atom. The Balaban J connectivity index is 1.98. The van der Waals surface area contributed by atoms with Crippen LogP contribution in [0.15, 0.2) is 30.3 Å². The summed E-state index contributed by atoms with van der Waals surface area (Å²) in [5.41, 5.74) is 5.90. The van der Waals surface area contributed by atoms with Gasteiger partial charge < -0.3 is 16.0 Å². The van der Waals surface area contributed by atoms with Crippen molar-refractivity contribution in [3.63, 3.8) is 0 Å². The predicted molar refractivity (Wildman–Crippen MR) is 81.4 cm³/mol. The van der Waals surface area contributed by atoms with Crippen molar-refractivity contribution in [1.82, 2.24) is 10.2 Å². The molecule has 114 valence electrons. The van der Waals surface area contributed by atoms with E-state index >= 15 is 0 Å². The molecule has 1 aliphatic heterocycles. The number of amides is 2. The molecule has 0 bridgehead atoms. The molecule has 1 heterocycles. The molecule has 2 amide bonds. The molecule has 5 heteroatoms. The van der Waals surface area contributed by atoms with Gasteiger partial charge in [0, 0.05) is 25.6 Å². The van der Waals surface area contributed by atoms with Crippen molar-refractivity contribution in [3.8, 4) is 0 Å². The molecule has 0 saturated carbocycles. The van der Waals surface area contributed by atoms with E-state index in [-0.39, 0.29) is 17.9 Å². The Morgan fingerprint density at radius 1 is 1.38 bits per heavy atom. The van der Waals surface area contributed by atoms with Crippen LogP contribution >= 0.6 is 0 Å². The Bertz CT molecular complexity index is 514. The summed E-state index contributed by atoms with van der Waals surface area (Å²) in [7, 11) is 0. The first-order valence-corrected chi connectivity index (χ1v) is 7.38. The van der Waals surface area contributed by atoms with Crippen LogP contribution in [0.25, 0.3) is 0 Å². The molecule has 0 aromatic heterocycles. The van der Waals surface area contributed by atoms with E-state index in [1.165, 1.54) is 0 Å². The SMILES string of the molecule is CCC(=O)N1CCC(NC(=O)C(C)(N)c2ccccc2)C1. The van der Waals surface area contributed by atoms with E-state index in [1.54, 1.807) is 11.8 Å². The normalized spacial score (nSPS) is 20.9. The number of hydrogen-bond donors (Lipinski definition) is 2. The zero-order chi connectivity index (χ0) is 15.5. The lowest BCUT2D eigenvalue weighted by atomic mass is 9.92. The number of carbonyl (C=O) groups is 2. The fourth-order valence-corrected chi connectivity index (χ4v) is 2.58. The second-order valence-electron chi connectivity index (χ2n) is 5.72. The Kier molecular flexibility index (Phi) is 4.63. The average Bonchev–Trinajstić information content (AvgIpc) is 2.95. The van der Waals surface area contributed by atoms with Crippen molar-refractivity contribution in [2.45, 2.75) is 38.3 Å². The molecule has 1 saturated heterocycles. The second kappa shape index (κ2) is 6.26. The molecule has 1 aromatic carbocycles. The van der Waals surface area contributed by atoms with Gasteiger partial charge in [0.15, 0.2) is 0 Å². The van der Waals surface area contributed by atoms with Crippen LogP contribution in [-0.4, -0.2) is 35.8 Å². The van der Waals surface area contributed by atoms with Crippen LogP contribution in [0.4, 0.5) is 0 Å². The van der Waals surface area contributed by atoms with Gasteiger partial charge in [-0.15, -0.1) is 0 Å². The number of rotatable bonds is 4. The highest BCUT2D eigenvalue weighted by atomic mass is 16.2. The summed E-state index contributed by atoms with van der Waals surface area (Å²) in [4.78, 5) is 25.9. The molecule has 2 rings (SSSR count). The van der Waals surface area contributed by atoms with Crippen LogP contribution in [0, 0.1) is 0 Å². The van der Waals surface area contributed by atoms with Crippen LogP contribution in [-0.2, 0) is 15.1 Å². The van der Waals surface area contributed by atoms with Crippen LogP contribution < -0.4 is 11.1 Å². The third-order valence-electron chi connectivity index (χ3n) is 4.02. The number of likely N-dealkylation sites (tertiary alicyclic amines) is 1. The molecule has 2 unspecified atom stereocenters. The summed E-state index contributed by atoms with van der Waals surface area (Å²) in [6.45, 7) is 4.83. The summed E-state index contributed by atoms with van der Waals surface area (Å²) < 4.78 is 0. The first-order chi connectivity index (χ1) is 9.95. The summed E-state index contributed by atoms with van der Waals surface area (Å²) in [5.74, 6) is -0.0742. The lowest BCUT2D eigenvalue weighted by molar-refractivity contribution is -0.130. The molecular formula is C16H23N3O2. The number of carbonyl (C=O) groups excluding carboxylic acids is 2. The molecule has 0 spiro atoms. The van der Waals surface area contributed by atoms with E-state index in [1.807, 2.05) is 37.3 Å². The van der Waals surface area contributed by atoms with Crippen molar-refractivity contribution in [2.75, 3.05) is 13.1 Å². The van der Waals surface area contributed by atoms with E-state index < -0.39 is 5.54 Å². The van der Waals surface area contributed by atoms with Gasteiger partial charge in [-0.1, -0.05) is 37.3 Å². The molecule has 1 aliphatic rings. The van der Waals surface area contributed by atoms with Gasteiger partial charge in [-0.2, -0.15) is 0 Å². The van der Waals surface area contributed by atoms with Gasteiger partial charge in [-0.3, -0.25) is 9.59 Å². The topological polar surface area (TPSA) is 75.4 Å². The van der Waals surface area contributed by atoms with Gasteiger partial charge >= 0.3 is 0 Å². The van der Waals surface area contributed by atoms with Crippen molar-refractivity contribution in [1.29, 1.82) is 0 Å². The molecular weight excluding hydrogens is 266 g/mol. The fourth-order valence-electron chi connectivity index (χ4n) is 2.58. The van der Waals surface area contributed by atoms with Gasteiger partial charge in [-0.05, 0) is 18.9 Å². The lowest BCUT2D eigenvalue weighted by Gasteiger charge is -2.26. The molecule has 1 aromatic rings. The zero-order valence-electron chi connectivity index (χ0n) is 12.6. The lowest BCUT2D eigenvalue weighted by Crippen LogP contribution is -2.52. The number of hydrogen-bond acceptors (Lipinski definition) is 3. The van der Waals surface area contributed by atoms with Gasteiger partial charge in [0.25, 0.3) is 0 Å². The molecule has 1 fully saturated rings. The van der Waals surface area contributed by atoms with Crippen molar-refractivity contribution < 1.29 is 9.59 Å². The van der Waals surface area contributed by atoms with E-state index in [0.29, 0.717) is 19.5 Å². The minimum Gasteiger partial charge on any atom is -0.350 e. The maximum absolute atomic E-state index is 12.4. The fraction of sp³-hybridized carbons (Fsp3) is 0.500. The van der Waals surface area contributed by atoms with Gasteiger partial charge in [0.1, 0.15) is 5.54 Å². The van der Waals surface area contributed by atoms with Crippen LogP contribution in [0.1, 0.15) is 32.3 Å². The standard InChI is InChI=1S/C16H23N3O2/c1-3-14(20)19-10-9-13(11-19)18-15(21)16(2,17)12-7-5-4-6-8-12/h4-8,13H,3,9-11,17H2,1-2H3,(H,18,21). The second-order valence-corrected chi connectivity index (χ2v) is 5.72. The maximum Gasteiger partial charge on any atom is 0.244 e. The summed E-state index contributed by atoms with van der Waals surface area (Å²) >= 11 is 0. The summed E-state index contributed by atoms with van der Waals surface area (Å²) in [5, 5.41) is 2.97. The smallest absolute Gasteiger partial charge is 0.244 e. The summed E-state index contributed by atoms with van der Waals surface area (Å²) in [6.07, 6.45) is 1.28. The minimum absolute atomic E-state index is 0.0143. The largest absolute Gasteiger partial charge is 0.350 e. The first-order valence-electron chi connectivity index (χ1n) is 7.38. The predicted octanol–water partition coefficient (Wildman–Crippen LogP) is 0.988. The van der Waals surface area contributed by atoms with Crippen LogP contribution in [0.2, 0.25) is 0 Å². The molecule has 21 heavy (non-hydrogen) atoms. The molecule has 0 aliphatic carbocycles. The van der Waals surface area contributed by atoms with Gasteiger partial charge in [0.2, 0.25) is 11.8 Å². The number of nitrogens with two attached hydrogens (primary N) is 1. The highest BCUT2D eigenvalue weighted by Crippen LogP contribution is 2.19. The third kappa shape index (κ3) is 3.42. The van der Waals surface area contributed by atoms with Gasteiger partial charge in [-0.25, -0.2) is 0 Å². The number of nitrogens with one attached hydrogen (secondary N) is 1. The molecule has 0 radical (unpaired) electrons. The third-order valence-corrected chi connectivity index (χ3v) is 4.02. The monoisotopic (exact) mass is 289 g/mol. The Hall–Kier alpha value is -1.88. The van der Waals surface area contributed by atoms with Crippen molar-refractivity contribution in [3.05, 3.63) is 35.9 Å². The Morgan fingerprint density at radius 3 is 2.67 bits per heavy atom. The van der Waals surface area contributed by atoms with E-state index in [0.717, 1.165) is 12.0 Å².